The summed E-state index contributed by atoms with van der Waals surface area (Å²) in [5.74, 6) is 2.05. The molecule has 1 atom stereocenters. The van der Waals surface area contributed by atoms with Crippen molar-refractivity contribution in [3.63, 3.8) is 0 Å². The number of nitrogen functional groups attached to an aromatic ring is 1. The zero-order valence-corrected chi connectivity index (χ0v) is 11.1. The molecule has 0 aliphatic carbocycles. The van der Waals surface area contributed by atoms with Crippen LogP contribution in [-0.2, 0) is 0 Å². The third kappa shape index (κ3) is 2.45. The van der Waals surface area contributed by atoms with Gasteiger partial charge in [0.2, 0.25) is 5.95 Å². The molecule has 16 heavy (non-hydrogen) atoms. The summed E-state index contributed by atoms with van der Waals surface area (Å²) in [5, 5.41) is 0. The Bertz CT molecular complexity index is 369. The van der Waals surface area contributed by atoms with Crippen molar-refractivity contribution in [1.29, 1.82) is 0 Å². The van der Waals surface area contributed by atoms with Crippen molar-refractivity contribution >= 4 is 27.7 Å². The number of nitrogens with zero attached hydrogens (tertiary/aromatic N) is 3. The monoisotopic (exact) mass is 284 g/mol. The molecular formula is C11H17BrN4. The van der Waals surface area contributed by atoms with Gasteiger partial charge in [-0.3, -0.25) is 0 Å². The SMILES string of the molecule is CCC1CCCN(c2nc(N)ncc2Br)C1. The summed E-state index contributed by atoms with van der Waals surface area (Å²) in [6, 6.07) is 0. The minimum Gasteiger partial charge on any atom is -0.368 e. The average Bonchev–Trinajstić information content (AvgIpc) is 2.32. The fourth-order valence-electron chi connectivity index (χ4n) is 2.18. The lowest BCUT2D eigenvalue weighted by Crippen LogP contribution is -2.36. The molecule has 1 aromatic heterocycles. The lowest BCUT2D eigenvalue weighted by Gasteiger charge is -2.33. The third-order valence-corrected chi connectivity index (χ3v) is 3.70. The van der Waals surface area contributed by atoms with Gasteiger partial charge in [0, 0.05) is 19.3 Å². The van der Waals surface area contributed by atoms with E-state index in [1.54, 1.807) is 6.20 Å². The molecule has 0 bridgehead atoms. The van der Waals surface area contributed by atoms with Gasteiger partial charge in [-0.05, 0) is 34.7 Å². The van der Waals surface area contributed by atoms with E-state index in [9.17, 15) is 0 Å². The molecule has 2 N–H and O–H groups in total. The minimum atomic E-state index is 0.344. The van der Waals surface area contributed by atoms with Crippen LogP contribution in [0, 0.1) is 5.92 Å². The zero-order valence-electron chi connectivity index (χ0n) is 9.49. The molecule has 0 saturated carbocycles. The smallest absolute Gasteiger partial charge is 0.222 e. The van der Waals surface area contributed by atoms with Crippen molar-refractivity contribution < 1.29 is 0 Å². The van der Waals surface area contributed by atoms with E-state index in [1.807, 2.05) is 0 Å². The van der Waals surface area contributed by atoms with E-state index < -0.39 is 0 Å². The van der Waals surface area contributed by atoms with Crippen LogP contribution in [0.3, 0.4) is 0 Å². The van der Waals surface area contributed by atoms with Crippen molar-refractivity contribution in [2.45, 2.75) is 26.2 Å². The first-order valence-electron chi connectivity index (χ1n) is 5.73. The molecule has 0 aromatic carbocycles. The Morgan fingerprint density at radius 2 is 2.44 bits per heavy atom. The normalized spacial score (nSPS) is 21.1. The van der Waals surface area contributed by atoms with Gasteiger partial charge >= 0.3 is 0 Å². The highest BCUT2D eigenvalue weighted by molar-refractivity contribution is 9.10. The molecule has 1 fully saturated rings. The molecule has 0 radical (unpaired) electrons. The number of hydrogen-bond acceptors (Lipinski definition) is 4. The Morgan fingerprint density at radius 3 is 3.19 bits per heavy atom. The fraction of sp³-hybridized carbons (Fsp3) is 0.636. The van der Waals surface area contributed by atoms with Gasteiger partial charge in [-0.1, -0.05) is 13.3 Å². The molecule has 0 spiro atoms. The summed E-state index contributed by atoms with van der Waals surface area (Å²) < 4.78 is 0.929. The number of halogens is 1. The summed E-state index contributed by atoms with van der Waals surface area (Å²) in [5.41, 5.74) is 5.63. The van der Waals surface area contributed by atoms with Crippen LogP contribution >= 0.6 is 15.9 Å². The molecule has 1 aliphatic rings. The van der Waals surface area contributed by atoms with E-state index in [1.165, 1.54) is 19.3 Å². The minimum absolute atomic E-state index is 0.344. The highest BCUT2D eigenvalue weighted by atomic mass is 79.9. The highest BCUT2D eigenvalue weighted by Crippen LogP contribution is 2.28. The Morgan fingerprint density at radius 1 is 1.62 bits per heavy atom. The van der Waals surface area contributed by atoms with E-state index in [2.05, 4.69) is 37.7 Å². The number of aromatic nitrogens is 2. The van der Waals surface area contributed by atoms with Crippen LogP contribution in [0.1, 0.15) is 26.2 Å². The molecule has 2 heterocycles. The Kier molecular flexibility index (Phi) is 3.63. The molecule has 2 rings (SSSR count). The number of anilines is 2. The van der Waals surface area contributed by atoms with E-state index in [0.717, 1.165) is 29.3 Å². The number of hydrogen-bond donors (Lipinski definition) is 1. The quantitative estimate of drug-likeness (QED) is 0.906. The van der Waals surface area contributed by atoms with Crippen LogP contribution in [0.2, 0.25) is 0 Å². The van der Waals surface area contributed by atoms with Crippen molar-refractivity contribution in [2.75, 3.05) is 23.7 Å². The fourth-order valence-corrected chi connectivity index (χ4v) is 2.63. The van der Waals surface area contributed by atoms with Crippen molar-refractivity contribution in [2.24, 2.45) is 5.92 Å². The van der Waals surface area contributed by atoms with Crippen LogP contribution in [0.25, 0.3) is 0 Å². The first kappa shape index (κ1) is 11.6. The summed E-state index contributed by atoms with van der Waals surface area (Å²) >= 11 is 3.49. The molecular weight excluding hydrogens is 268 g/mol. The van der Waals surface area contributed by atoms with Gasteiger partial charge < -0.3 is 10.6 Å². The summed E-state index contributed by atoms with van der Waals surface area (Å²) in [6.07, 6.45) is 5.52. The van der Waals surface area contributed by atoms with Gasteiger partial charge in [0.05, 0.1) is 4.47 Å². The summed E-state index contributed by atoms with van der Waals surface area (Å²) in [4.78, 5) is 10.6. The highest BCUT2D eigenvalue weighted by Gasteiger charge is 2.21. The lowest BCUT2D eigenvalue weighted by molar-refractivity contribution is 0.402. The molecule has 1 unspecified atom stereocenters. The summed E-state index contributed by atoms with van der Waals surface area (Å²) in [6.45, 7) is 4.38. The largest absolute Gasteiger partial charge is 0.368 e. The third-order valence-electron chi connectivity index (χ3n) is 3.14. The lowest BCUT2D eigenvalue weighted by atomic mass is 9.96. The molecule has 4 nitrogen and oxygen atoms in total. The second-order valence-corrected chi connectivity index (χ2v) is 5.12. The van der Waals surface area contributed by atoms with Gasteiger partial charge in [-0.15, -0.1) is 0 Å². The molecule has 0 amide bonds. The zero-order chi connectivity index (χ0) is 11.5. The molecule has 1 aromatic rings. The maximum Gasteiger partial charge on any atom is 0.222 e. The molecule has 88 valence electrons. The van der Waals surface area contributed by atoms with Crippen LogP contribution in [0.5, 0.6) is 0 Å². The van der Waals surface area contributed by atoms with Crippen LogP contribution < -0.4 is 10.6 Å². The second-order valence-electron chi connectivity index (χ2n) is 4.26. The van der Waals surface area contributed by atoms with Gasteiger partial charge in [-0.25, -0.2) is 4.98 Å². The summed E-state index contributed by atoms with van der Waals surface area (Å²) in [7, 11) is 0. The van der Waals surface area contributed by atoms with Gasteiger partial charge in [0.25, 0.3) is 0 Å². The predicted octanol–water partition coefficient (Wildman–Crippen LogP) is 2.45. The maximum atomic E-state index is 5.63. The molecule has 1 saturated heterocycles. The second kappa shape index (κ2) is 4.99. The molecule has 1 aliphatic heterocycles. The van der Waals surface area contributed by atoms with Gasteiger partial charge in [0.15, 0.2) is 0 Å². The average molecular weight is 285 g/mol. The van der Waals surface area contributed by atoms with E-state index in [4.69, 9.17) is 5.73 Å². The molecule has 5 heteroatoms. The van der Waals surface area contributed by atoms with Gasteiger partial charge in [-0.2, -0.15) is 4.98 Å². The van der Waals surface area contributed by atoms with E-state index in [-0.39, 0.29) is 0 Å². The Labute approximate surface area is 104 Å². The Hall–Kier alpha value is -0.840. The van der Waals surface area contributed by atoms with E-state index >= 15 is 0 Å². The predicted molar refractivity (Wildman–Crippen MR) is 69.4 cm³/mol. The number of piperidine rings is 1. The van der Waals surface area contributed by atoms with Gasteiger partial charge in [0.1, 0.15) is 5.82 Å². The first-order valence-corrected chi connectivity index (χ1v) is 6.53. The van der Waals surface area contributed by atoms with Crippen molar-refractivity contribution in [1.82, 2.24) is 9.97 Å². The van der Waals surface area contributed by atoms with Crippen molar-refractivity contribution in [3.05, 3.63) is 10.7 Å². The number of rotatable bonds is 2. The van der Waals surface area contributed by atoms with Crippen LogP contribution in [0.15, 0.2) is 10.7 Å². The standard InChI is InChI=1S/C11H17BrN4/c1-2-8-4-3-5-16(7-8)10-9(12)6-14-11(13)15-10/h6,8H,2-5,7H2,1H3,(H2,13,14,15). The maximum absolute atomic E-state index is 5.63. The first-order chi connectivity index (χ1) is 7.70. The Balaban J connectivity index is 2.19. The van der Waals surface area contributed by atoms with Crippen LogP contribution in [-0.4, -0.2) is 23.1 Å². The number of nitrogens with two attached hydrogens (primary N) is 1. The van der Waals surface area contributed by atoms with Crippen molar-refractivity contribution in [3.8, 4) is 0 Å². The topological polar surface area (TPSA) is 55.0 Å². The van der Waals surface area contributed by atoms with Crippen LogP contribution in [0.4, 0.5) is 11.8 Å². The van der Waals surface area contributed by atoms with E-state index in [0.29, 0.717) is 5.95 Å².